The molecule has 0 amide bonds. The Labute approximate surface area is 115 Å². The molecule has 0 aliphatic carbocycles. The van der Waals surface area contributed by atoms with Crippen LogP contribution in [-0.4, -0.2) is 19.5 Å². The lowest BCUT2D eigenvalue weighted by molar-refractivity contribution is 0.111. The minimum Gasteiger partial charge on any atom is -0.493 e. The fourth-order valence-electron chi connectivity index (χ4n) is 1.85. The monoisotopic (exact) mass is 264 g/mol. The first-order valence-electron chi connectivity index (χ1n) is 7.06. The highest BCUT2D eigenvalue weighted by Gasteiger charge is 2.08. The summed E-state index contributed by atoms with van der Waals surface area (Å²) in [5.74, 6) is 1.86. The van der Waals surface area contributed by atoms with Crippen molar-refractivity contribution in [1.29, 1.82) is 0 Å². The molecule has 0 N–H and O–H groups in total. The van der Waals surface area contributed by atoms with Gasteiger partial charge in [0.25, 0.3) is 0 Å². The van der Waals surface area contributed by atoms with Gasteiger partial charge in [-0.15, -0.1) is 0 Å². The summed E-state index contributed by atoms with van der Waals surface area (Å²) in [7, 11) is 0. The molecule has 0 spiro atoms. The van der Waals surface area contributed by atoms with Crippen molar-refractivity contribution in [2.24, 2.45) is 5.92 Å². The third kappa shape index (κ3) is 5.33. The van der Waals surface area contributed by atoms with Gasteiger partial charge in [0, 0.05) is 6.07 Å². The maximum atomic E-state index is 11.0. The molecule has 0 radical (unpaired) electrons. The van der Waals surface area contributed by atoms with Crippen molar-refractivity contribution in [3.63, 3.8) is 0 Å². The summed E-state index contributed by atoms with van der Waals surface area (Å²) >= 11 is 0. The quantitative estimate of drug-likeness (QED) is 0.630. The predicted molar refractivity (Wildman–Crippen MR) is 77.2 cm³/mol. The van der Waals surface area contributed by atoms with Gasteiger partial charge in [0.15, 0.2) is 6.29 Å². The van der Waals surface area contributed by atoms with Crippen LogP contribution in [0.25, 0.3) is 0 Å². The molecule has 1 aromatic carbocycles. The summed E-state index contributed by atoms with van der Waals surface area (Å²) in [5, 5.41) is 0. The molecule has 106 valence electrons. The van der Waals surface area contributed by atoms with Gasteiger partial charge in [-0.25, -0.2) is 0 Å². The minimum atomic E-state index is 0.490. The van der Waals surface area contributed by atoms with E-state index in [1.54, 1.807) is 12.1 Å². The van der Waals surface area contributed by atoms with Crippen LogP contribution >= 0.6 is 0 Å². The number of ether oxygens (including phenoxy) is 2. The Hall–Kier alpha value is -1.51. The van der Waals surface area contributed by atoms with Crippen LogP contribution in [0.1, 0.15) is 50.4 Å². The number of aldehydes is 1. The van der Waals surface area contributed by atoms with Gasteiger partial charge in [-0.2, -0.15) is 0 Å². The molecule has 0 saturated heterocycles. The van der Waals surface area contributed by atoms with Crippen LogP contribution in [0.15, 0.2) is 18.2 Å². The molecule has 0 aliphatic heterocycles. The van der Waals surface area contributed by atoms with Crippen LogP contribution < -0.4 is 9.47 Å². The summed E-state index contributed by atoms with van der Waals surface area (Å²) in [5.41, 5.74) is 0.576. The van der Waals surface area contributed by atoms with Crippen LogP contribution in [-0.2, 0) is 0 Å². The third-order valence-electron chi connectivity index (χ3n) is 2.89. The Balaban J connectivity index is 2.69. The van der Waals surface area contributed by atoms with Gasteiger partial charge >= 0.3 is 0 Å². The van der Waals surface area contributed by atoms with E-state index >= 15 is 0 Å². The molecule has 0 aromatic heterocycles. The van der Waals surface area contributed by atoms with E-state index in [-0.39, 0.29) is 0 Å². The molecule has 1 rings (SSSR count). The number of rotatable bonds is 9. The zero-order valence-electron chi connectivity index (χ0n) is 12.1. The minimum absolute atomic E-state index is 0.490. The Bertz CT molecular complexity index is 388. The van der Waals surface area contributed by atoms with Crippen molar-refractivity contribution in [2.45, 2.75) is 40.0 Å². The van der Waals surface area contributed by atoms with Crippen molar-refractivity contribution in [3.05, 3.63) is 23.8 Å². The molecule has 0 aliphatic rings. The standard InChI is InChI=1S/C16H24O3/c1-4-6-13(3)12-19-16-10-15(18-9-5-2)8-7-14(16)11-17/h7-8,10-11,13H,4-6,9,12H2,1-3H3. The molecule has 19 heavy (non-hydrogen) atoms. The van der Waals surface area contributed by atoms with Gasteiger partial charge in [0.1, 0.15) is 11.5 Å². The topological polar surface area (TPSA) is 35.5 Å². The summed E-state index contributed by atoms with van der Waals surface area (Å²) in [6.07, 6.45) is 4.05. The second kappa shape index (κ2) is 8.57. The Kier molecular flexibility index (Phi) is 7.01. The number of carbonyl (C=O) groups is 1. The predicted octanol–water partition coefficient (Wildman–Crippen LogP) is 4.10. The van der Waals surface area contributed by atoms with Gasteiger partial charge in [-0.05, 0) is 30.9 Å². The van der Waals surface area contributed by atoms with E-state index in [2.05, 4.69) is 20.8 Å². The average molecular weight is 264 g/mol. The van der Waals surface area contributed by atoms with E-state index in [9.17, 15) is 4.79 Å². The zero-order valence-corrected chi connectivity index (χ0v) is 12.1. The fraction of sp³-hybridized carbons (Fsp3) is 0.562. The van der Waals surface area contributed by atoms with Gasteiger partial charge in [0.05, 0.1) is 18.8 Å². The molecule has 3 nitrogen and oxygen atoms in total. The fourth-order valence-corrected chi connectivity index (χ4v) is 1.85. The largest absolute Gasteiger partial charge is 0.493 e. The van der Waals surface area contributed by atoms with E-state index in [1.807, 2.05) is 6.07 Å². The van der Waals surface area contributed by atoms with Crippen LogP contribution in [0, 0.1) is 5.92 Å². The van der Waals surface area contributed by atoms with E-state index in [4.69, 9.17) is 9.47 Å². The smallest absolute Gasteiger partial charge is 0.153 e. The molecule has 0 saturated carbocycles. The molecule has 1 atom stereocenters. The van der Waals surface area contributed by atoms with Crippen molar-refractivity contribution in [1.82, 2.24) is 0 Å². The van der Waals surface area contributed by atoms with Crippen LogP contribution in [0.2, 0.25) is 0 Å². The van der Waals surface area contributed by atoms with Crippen LogP contribution in [0.5, 0.6) is 11.5 Å². The van der Waals surface area contributed by atoms with Gasteiger partial charge in [0.2, 0.25) is 0 Å². The SMILES string of the molecule is CCCOc1ccc(C=O)c(OCC(C)CCC)c1. The highest BCUT2D eigenvalue weighted by Crippen LogP contribution is 2.24. The van der Waals surface area contributed by atoms with Gasteiger partial charge in [-0.1, -0.05) is 27.2 Å². The average Bonchev–Trinajstić information content (AvgIpc) is 2.43. The van der Waals surface area contributed by atoms with Crippen molar-refractivity contribution in [2.75, 3.05) is 13.2 Å². The second-order valence-corrected chi connectivity index (χ2v) is 4.87. The maximum absolute atomic E-state index is 11.0. The normalized spacial score (nSPS) is 11.9. The number of carbonyl (C=O) groups excluding carboxylic acids is 1. The number of hydrogen-bond acceptors (Lipinski definition) is 3. The lowest BCUT2D eigenvalue weighted by atomic mass is 10.1. The van der Waals surface area contributed by atoms with Crippen LogP contribution in [0.3, 0.4) is 0 Å². The first-order valence-corrected chi connectivity index (χ1v) is 7.06. The Morgan fingerprint density at radius 3 is 2.63 bits per heavy atom. The highest BCUT2D eigenvalue weighted by atomic mass is 16.5. The Morgan fingerprint density at radius 1 is 1.21 bits per heavy atom. The summed E-state index contributed by atoms with van der Waals surface area (Å²) < 4.78 is 11.3. The molecule has 1 aromatic rings. The second-order valence-electron chi connectivity index (χ2n) is 4.87. The lowest BCUT2D eigenvalue weighted by Crippen LogP contribution is -2.09. The molecule has 1 unspecified atom stereocenters. The van der Waals surface area contributed by atoms with Crippen LogP contribution in [0.4, 0.5) is 0 Å². The van der Waals surface area contributed by atoms with E-state index in [1.165, 1.54) is 0 Å². The summed E-state index contributed by atoms with van der Waals surface area (Å²) in [6.45, 7) is 7.68. The van der Waals surface area contributed by atoms with E-state index in [0.29, 0.717) is 30.4 Å². The first-order chi connectivity index (χ1) is 9.21. The molecule has 0 bridgehead atoms. The molecular formula is C16H24O3. The summed E-state index contributed by atoms with van der Waals surface area (Å²) in [4.78, 5) is 11.0. The molecule has 0 fully saturated rings. The first kappa shape index (κ1) is 15.5. The molecule has 0 heterocycles. The lowest BCUT2D eigenvalue weighted by Gasteiger charge is -2.14. The van der Waals surface area contributed by atoms with Crippen molar-refractivity contribution < 1.29 is 14.3 Å². The highest BCUT2D eigenvalue weighted by molar-refractivity contribution is 5.79. The van der Waals surface area contributed by atoms with Crippen molar-refractivity contribution >= 4 is 6.29 Å². The van der Waals surface area contributed by atoms with Gasteiger partial charge < -0.3 is 9.47 Å². The van der Waals surface area contributed by atoms with E-state index in [0.717, 1.165) is 31.3 Å². The van der Waals surface area contributed by atoms with Crippen molar-refractivity contribution in [3.8, 4) is 11.5 Å². The molecular weight excluding hydrogens is 240 g/mol. The number of benzene rings is 1. The maximum Gasteiger partial charge on any atom is 0.153 e. The number of hydrogen-bond donors (Lipinski definition) is 0. The Morgan fingerprint density at radius 2 is 2.00 bits per heavy atom. The van der Waals surface area contributed by atoms with Gasteiger partial charge in [-0.3, -0.25) is 4.79 Å². The molecule has 3 heteroatoms. The zero-order chi connectivity index (χ0) is 14.1. The van der Waals surface area contributed by atoms with E-state index < -0.39 is 0 Å². The summed E-state index contributed by atoms with van der Waals surface area (Å²) in [6, 6.07) is 5.36. The third-order valence-corrected chi connectivity index (χ3v) is 2.89.